The van der Waals surface area contributed by atoms with Crippen molar-refractivity contribution in [3.05, 3.63) is 17.5 Å². The molecule has 1 heterocycles. The van der Waals surface area contributed by atoms with Crippen LogP contribution in [0.4, 0.5) is 0 Å². The van der Waals surface area contributed by atoms with Crippen LogP contribution in [0.3, 0.4) is 0 Å². The normalized spacial score (nSPS) is 27.1. The van der Waals surface area contributed by atoms with Crippen molar-refractivity contribution >= 4 is 0 Å². The monoisotopic (exact) mass is 235 g/mol. The van der Waals surface area contributed by atoms with Gasteiger partial charge in [-0.2, -0.15) is 5.10 Å². The minimum atomic E-state index is 0.182. The molecule has 2 N–H and O–H groups in total. The number of rotatable bonds is 3. The molecule has 0 saturated heterocycles. The van der Waals surface area contributed by atoms with E-state index in [1.807, 2.05) is 17.9 Å². The lowest BCUT2D eigenvalue weighted by atomic mass is 9.76. The Morgan fingerprint density at radius 3 is 2.53 bits per heavy atom. The predicted octanol–water partition coefficient (Wildman–Crippen LogP) is 2.94. The molecule has 96 valence electrons. The highest BCUT2D eigenvalue weighted by atomic mass is 15.3. The molecule has 1 aromatic rings. The van der Waals surface area contributed by atoms with Gasteiger partial charge < -0.3 is 5.73 Å². The van der Waals surface area contributed by atoms with Gasteiger partial charge in [0.05, 0.1) is 6.20 Å². The zero-order valence-corrected chi connectivity index (χ0v) is 11.3. The van der Waals surface area contributed by atoms with Crippen molar-refractivity contribution in [2.75, 3.05) is 0 Å². The SMILES string of the molecule is CCC1CCC(C(N)c2cnn(C)c2C)CC1. The van der Waals surface area contributed by atoms with E-state index in [1.165, 1.54) is 43.4 Å². The molecule has 0 radical (unpaired) electrons. The van der Waals surface area contributed by atoms with Crippen molar-refractivity contribution in [2.45, 2.75) is 52.0 Å². The summed E-state index contributed by atoms with van der Waals surface area (Å²) in [4.78, 5) is 0. The molecule has 2 rings (SSSR count). The largest absolute Gasteiger partial charge is 0.324 e. The Hall–Kier alpha value is -0.830. The topological polar surface area (TPSA) is 43.8 Å². The van der Waals surface area contributed by atoms with Crippen molar-refractivity contribution in [1.29, 1.82) is 0 Å². The summed E-state index contributed by atoms with van der Waals surface area (Å²) in [7, 11) is 1.99. The number of hydrogen-bond donors (Lipinski definition) is 1. The molecule has 17 heavy (non-hydrogen) atoms. The van der Waals surface area contributed by atoms with Gasteiger partial charge in [-0.25, -0.2) is 0 Å². The number of hydrogen-bond acceptors (Lipinski definition) is 2. The Kier molecular flexibility index (Phi) is 3.87. The van der Waals surface area contributed by atoms with Gasteiger partial charge in [-0.3, -0.25) is 4.68 Å². The number of nitrogens with two attached hydrogens (primary N) is 1. The first-order valence-corrected chi connectivity index (χ1v) is 6.87. The van der Waals surface area contributed by atoms with Crippen molar-refractivity contribution in [3.63, 3.8) is 0 Å². The third kappa shape index (κ3) is 2.54. The second kappa shape index (κ2) is 5.21. The highest BCUT2D eigenvalue weighted by molar-refractivity contribution is 5.21. The maximum absolute atomic E-state index is 6.42. The average molecular weight is 235 g/mol. The van der Waals surface area contributed by atoms with Gasteiger partial charge in [0.2, 0.25) is 0 Å². The van der Waals surface area contributed by atoms with Gasteiger partial charge in [-0.05, 0) is 31.6 Å². The van der Waals surface area contributed by atoms with E-state index in [0.717, 1.165) is 5.92 Å². The van der Waals surface area contributed by atoms with Gasteiger partial charge in [0.25, 0.3) is 0 Å². The van der Waals surface area contributed by atoms with E-state index < -0.39 is 0 Å². The second-order valence-corrected chi connectivity index (χ2v) is 5.52. The molecule has 0 aliphatic heterocycles. The number of aromatic nitrogens is 2. The minimum absolute atomic E-state index is 0.182. The van der Waals surface area contributed by atoms with Crippen LogP contribution in [0.5, 0.6) is 0 Å². The van der Waals surface area contributed by atoms with E-state index in [9.17, 15) is 0 Å². The van der Waals surface area contributed by atoms with Gasteiger partial charge in [-0.15, -0.1) is 0 Å². The molecule has 1 saturated carbocycles. The Labute approximate surface area is 104 Å². The minimum Gasteiger partial charge on any atom is -0.324 e. The van der Waals surface area contributed by atoms with Crippen LogP contribution in [0, 0.1) is 18.8 Å². The first-order chi connectivity index (χ1) is 8.13. The highest BCUT2D eigenvalue weighted by Crippen LogP contribution is 2.37. The van der Waals surface area contributed by atoms with Gasteiger partial charge in [0.1, 0.15) is 0 Å². The Morgan fingerprint density at radius 1 is 1.41 bits per heavy atom. The van der Waals surface area contributed by atoms with E-state index in [0.29, 0.717) is 5.92 Å². The van der Waals surface area contributed by atoms with E-state index in [-0.39, 0.29) is 6.04 Å². The first kappa shape index (κ1) is 12.6. The maximum atomic E-state index is 6.42. The lowest BCUT2D eigenvalue weighted by Crippen LogP contribution is -2.26. The average Bonchev–Trinajstić information content (AvgIpc) is 2.69. The summed E-state index contributed by atoms with van der Waals surface area (Å²) in [5.74, 6) is 1.59. The highest BCUT2D eigenvalue weighted by Gasteiger charge is 2.27. The second-order valence-electron chi connectivity index (χ2n) is 5.52. The molecular weight excluding hydrogens is 210 g/mol. The van der Waals surface area contributed by atoms with Crippen LogP contribution in [0.2, 0.25) is 0 Å². The molecule has 1 unspecified atom stereocenters. The van der Waals surface area contributed by atoms with Crippen LogP contribution in [0.1, 0.15) is 56.3 Å². The van der Waals surface area contributed by atoms with E-state index in [1.54, 1.807) is 0 Å². The molecule has 0 amide bonds. The lowest BCUT2D eigenvalue weighted by Gasteiger charge is -2.31. The Balaban J connectivity index is 2.01. The summed E-state index contributed by atoms with van der Waals surface area (Å²) in [5.41, 5.74) is 8.88. The fourth-order valence-corrected chi connectivity index (χ4v) is 3.05. The van der Waals surface area contributed by atoms with Crippen LogP contribution in [0.15, 0.2) is 6.20 Å². The quantitative estimate of drug-likeness (QED) is 0.875. The van der Waals surface area contributed by atoms with E-state index in [2.05, 4.69) is 18.9 Å². The molecule has 0 bridgehead atoms. The van der Waals surface area contributed by atoms with Crippen molar-refractivity contribution in [1.82, 2.24) is 9.78 Å². The molecule has 3 nitrogen and oxygen atoms in total. The summed E-state index contributed by atoms with van der Waals surface area (Å²) in [6, 6.07) is 0.182. The van der Waals surface area contributed by atoms with E-state index >= 15 is 0 Å². The van der Waals surface area contributed by atoms with Gasteiger partial charge >= 0.3 is 0 Å². The third-order valence-corrected chi connectivity index (χ3v) is 4.61. The van der Waals surface area contributed by atoms with Gasteiger partial charge in [0.15, 0.2) is 0 Å². The first-order valence-electron chi connectivity index (χ1n) is 6.87. The molecule has 3 heteroatoms. The summed E-state index contributed by atoms with van der Waals surface area (Å²) >= 11 is 0. The van der Waals surface area contributed by atoms with Crippen molar-refractivity contribution < 1.29 is 0 Å². The van der Waals surface area contributed by atoms with Crippen molar-refractivity contribution in [2.24, 2.45) is 24.6 Å². The van der Waals surface area contributed by atoms with Gasteiger partial charge in [0, 0.05) is 24.3 Å². The van der Waals surface area contributed by atoms with Gasteiger partial charge in [-0.1, -0.05) is 26.2 Å². The van der Waals surface area contributed by atoms with Crippen LogP contribution in [-0.4, -0.2) is 9.78 Å². The predicted molar refractivity (Wildman–Crippen MR) is 70.6 cm³/mol. The summed E-state index contributed by atoms with van der Waals surface area (Å²) in [5, 5.41) is 4.30. The summed E-state index contributed by atoms with van der Waals surface area (Å²) in [6.07, 6.45) is 8.56. The Morgan fingerprint density at radius 2 is 2.06 bits per heavy atom. The fraction of sp³-hybridized carbons (Fsp3) is 0.786. The van der Waals surface area contributed by atoms with E-state index in [4.69, 9.17) is 5.73 Å². The molecule has 1 atom stereocenters. The molecule has 0 spiro atoms. The fourth-order valence-electron chi connectivity index (χ4n) is 3.05. The number of nitrogens with zero attached hydrogens (tertiary/aromatic N) is 2. The van der Waals surface area contributed by atoms with Crippen LogP contribution in [0.25, 0.3) is 0 Å². The smallest absolute Gasteiger partial charge is 0.0540 e. The van der Waals surface area contributed by atoms with Crippen LogP contribution in [-0.2, 0) is 7.05 Å². The zero-order valence-electron chi connectivity index (χ0n) is 11.3. The van der Waals surface area contributed by atoms with Crippen LogP contribution >= 0.6 is 0 Å². The number of aryl methyl sites for hydroxylation is 1. The molecule has 1 fully saturated rings. The lowest BCUT2D eigenvalue weighted by molar-refractivity contribution is 0.239. The van der Waals surface area contributed by atoms with Crippen LogP contribution < -0.4 is 5.73 Å². The molecule has 0 aromatic carbocycles. The standard InChI is InChI=1S/C14H25N3/c1-4-11-5-7-12(8-6-11)14(15)13-9-16-17(3)10(13)2/h9,11-12,14H,4-8,15H2,1-3H3. The summed E-state index contributed by atoms with van der Waals surface area (Å²) in [6.45, 7) is 4.41. The molecule has 1 aliphatic carbocycles. The molecule has 1 aromatic heterocycles. The van der Waals surface area contributed by atoms with Crippen molar-refractivity contribution in [3.8, 4) is 0 Å². The Bertz CT molecular complexity index is 362. The molecular formula is C14H25N3. The maximum Gasteiger partial charge on any atom is 0.0540 e. The molecule has 1 aliphatic rings. The zero-order chi connectivity index (χ0) is 12.4. The third-order valence-electron chi connectivity index (χ3n) is 4.61. The summed E-state index contributed by atoms with van der Waals surface area (Å²) < 4.78 is 1.92.